The summed E-state index contributed by atoms with van der Waals surface area (Å²) in [6.45, 7) is 2.95. The van der Waals surface area contributed by atoms with Gasteiger partial charge in [-0.15, -0.1) is 0 Å². The first-order valence-corrected chi connectivity index (χ1v) is 12.1. The molecule has 0 spiro atoms. The predicted molar refractivity (Wildman–Crippen MR) is 124 cm³/mol. The number of fused-ring (bicyclic) bond motifs is 1. The highest BCUT2D eigenvalue weighted by molar-refractivity contribution is 14.1. The summed E-state index contributed by atoms with van der Waals surface area (Å²) in [6.07, 6.45) is 2.60. The zero-order valence-corrected chi connectivity index (χ0v) is 20.2. The zero-order valence-electron chi connectivity index (χ0n) is 18.0. The molecule has 1 aromatic carbocycles. The van der Waals surface area contributed by atoms with Crippen molar-refractivity contribution in [3.05, 3.63) is 23.8 Å². The summed E-state index contributed by atoms with van der Waals surface area (Å²) in [4.78, 5) is 14.8. The lowest BCUT2D eigenvalue weighted by Gasteiger charge is -2.29. The molecule has 0 aromatic heterocycles. The molecule has 10 heteroatoms. The van der Waals surface area contributed by atoms with Crippen LogP contribution < -0.4 is 14.8 Å². The van der Waals surface area contributed by atoms with Crippen LogP contribution in [0.1, 0.15) is 43.8 Å². The number of aliphatic hydroxyl groups is 1. The van der Waals surface area contributed by atoms with Crippen molar-refractivity contribution in [1.82, 2.24) is 10.2 Å². The zero-order chi connectivity index (χ0) is 23.0. The first kappa shape index (κ1) is 25.4. The average molecular weight is 568 g/mol. The highest BCUT2D eigenvalue weighted by Crippen LogP contribution is 2.33. The van der Waals surface area contributed by atoms with Crippen LogP contribution in [-0.2, 0) is 9.53 Å². The van der Waals surface area contributed by atoms with E-state index < -0.39 is 22.7 Å². The van der Waals surface area contributed by atoms with Crippen molar-refractivity contribution in [3.8, 4) is 11.5 Å². The standard InChI is InChI=1S/C22H31F2IN2O5/c23-22(24,25)15-30-10-4-1-5-20(28)26-17(14-27-8-2-3-9-27)21(29)16-6-7-18-19(13-16)32-12-11-31-18/h6-7,13,17,21,29H,1-5,8-12,14-15H2,(H,26,28)/t17-,21?/m1/s1. The smallest absolute Gasteiger partial charge is 0.319 e. The Morgan fingerprint density at radius 2 is 1.94 bits per heavy atom. The minimum atomic E-state index is -2.87. The van der Waals surface area contributed by atoms with E-state index in [-0.39, 0.29) is 18.9 Å². The van der Waals surface area contributed by atoms with Crippen LogP contribution in [0.2, 0.25) is 0 Å². The number of nitrogens with one attached hydrogen (secondary N) is 1. The Morgan fingerprint density at radius 3 is 2.66 bits per heavy atom. The molecule has 1 fully saturated rings. The van der Waals surface area contributed by atoms with Crippen LogP contribution in [0.5, 0.6) is 11.5 Å². The Bertz CT molecular complexity index is 744. The number of likely N-dealkylation sites (tertiary alicyclic amines) is 1. The molecule has 7 nitrogen and oxygen atoms in total. The van der Waals surface area contributed by atoms with Crippen LogP contribution >= 0.6 is 22.6 Å². The van der Waals surface area contributed by atoms with Gasteiger partial charge in [-0.05, 0) is 56.5 Å². The number of alkyl halides is 3. The van der Waals surface area contributed by atoms with E-state index in [9.17, 15) is 18.7 Å². The molecular weight excluding hydrogens is 537 g/mol. The quantitative estimate of drug-likeness (QED) is 0.229. The molecule has 1 saturated heterocycles. The fourth-order valence-corrected chi connectivity index (χ4v) is 4.12. The molecule has 2 aliphatic rings. The summed E-state index contributed by atoms with van der Waals surface area (Å²) in [5.74, 6) is 1.07. The highest BCUT2D eigenvalue weighted by Gasteiger charge is 2.28. The van der Waals surface area contributed by atoms with Crippen LogP contribution in [0.3, 0.4) is 0 Å². The molecule has 2 N–H and O–H groups in total. The summed E-state index contributed by atoms with van der Waals surface area (Å²) < 4.78 is 38.7. The van der Waals surface area contributed by atoms with E-state index >= 15 is 0 Å². The molecule has 32 heavy (non-hydrogen) atoms. The van der Waals surface area contributed by atoms with E-state index in [0.717, 1.165) is 48.5 Å². The number of carbonyl (C=O) groups is 1. The van der Waals surface area contributed by atoms with Crippen molar-refractivity contribution in [2.45, 2.75) is 48.2 Å². The number of nitrogens with zero attached hydrogens (tertiary/aromatic N) is 1. The third kappa shape index (κ3) is 8.27. The van der Waals surface area contributed by atoms with Gasteiger partial charge >= 0.3 is 3.93 Å². The molecule has 2 atom stereocenters. The number of benzene rings is 1. The van der Waals surface area contributed by atoms with Crippen LogP contribution in [0, 0.1) is 0 Å². The summed E-state index contributed by atoms with van der Waals surface area (Å²) in [5, 5.41) is 14.1. The molecule has 1 unspecified atom stereocenters. The molecule has 0 radical (unpaired) electrons. The maximum Gasteiger partial charge on any atom is 0.319 e. The van der Waals surface area contributed by atoms with Crippen molar-refractivity contribution < 1.29 is 32.9 Å². The number of hydrogen-bond donors (Lipinski definition) is 2. The molecule has 0 aliphatic carbocycles. The molecule has 2 heterocycles. The monoisotopic (exact) mass is 568 g/mol. The summed E-state index contributed by atoms with van der Waals surface area (Å²) in [6, 6.07) is 4.86. The Labute approximate surface area is 200 Å². The van der Waals surface area contributed by atoms with Crippen LogP contribution in [0.4, 0.5) is 8.78 Å². The van der Waals surface area contributed by atoms with Gasteiger partial charge in [0.1, 0.15) is 25.9 Å². The fourth-order valence-electron chi connectivity index (χ4n) is 3.90. The summed E-state index contributed by atoms with van der Waals surface area (Å²) in [7, 11) is 0. The van der Waals surface area contributed by atoms with Crippen molar-refractivity contribution in [1.29, 1.82) is 0 Å². The average Bonchev–Trinajstić information content (AvgIpc) is 3.27. The minimum Gasteiger partial charge on any atom is -0.486 e. The lowest BCUT2D eigenvalue weighted by atomic mass is 10.0. The third-order valence-corrected chi connectivity index (χ3v) is 5.81. The number of amides is 1. The fraction of sp³-hybridized carbons (Fsp3) is 0.682. The van der Waals surface area contributed by atoms with Crippen LogP contribution in [-0.4, -0.2) is 71.9 Å². The molecule has 0 bridgehead atoms. The van der Waals surface area contributed by atoms with E-state index in [4.69, 9.17) is 14.2 Å². The van der Waals surface area contributed by atoms with Crippen molar-refractivity contribution >= 4 is 28.5 Å². The van der Waals surface area contributed by atoms with E-state index in [1.165, 1.54) is 0 Å². The molecule has 0 saturated carbocycles. The SMILES string of the molecule is O=C(CCCCOCC(F)(F)I)N[C@H](CN1CCCC1)C(O)c1ccc2c(c1)OCCO2. The van der Waals surface area contributed by atoms with Gasteiger partial charge in [0.15, 0.2) is 11.5 Å². The van der Waals surface area contributed by atoms with Gasteiger partial charge in [0.05, 0.1) is 6.04 Å². The Balaban J connectivity index is 1.53. The molecule has 1 aromatic rings. The van der Waals surface area contributed by atoms with Crippen molar-refractivity contribution in [2.75, 3.05) is 46.1 Å². The Hall–Kier alpha value is -1.24. The van der Waals surface area contributed by atoms with E-state index in [0.29, 0.717) is 49.7 Å². The number of halogens is 3. The van der Waals surface area contributed by atoms with Gasteiger partial charge in [-0.1, -0.05) is 6.07 Å². The molecular formula is C22H31F2IN2O5. The van der Waals surface area contributed by atoms with Crippen molar-refractivity contribution in [2.24, 2.45) is 0 Å². The maximum absolute atomic E-state index is 12.7. The van der Waals surface area contributed by atoms with Gasteiger partial charge in [-0.3, -0.25) is 4.79 Å². The van der Waals surface area contributed by atoms with Gasteiger partial charge in [0.2, 0.25) is 5.91 Å². The molecule has 2 aliphatic heterocycles. The number of aliphatic hydroxyl groups excluding tert-OH is 1. The van der Waals surface area contributed by atoms with Gasteiger partial charge in [0, 0.05) is 42.2 Å². The minimum absolute atomic E-state index is 0.176. The number of rotatable bonds is 12. The first-order valence-electron chi connectivity index (χ1n) is 11.1. The van der Waals surface area contributed by atoms with Crippen LogP contribution in [0.15, 0.2) is 18.2 Å². The van der Waals surface area contributed by atoms with Crippen LogP contribution in [0.25, 0.3) is 0 Å². The number of unbranched alkanes of at least 4 members (excludes halogenated alkanes) is 1. The van der Waals surface area contributed by atoms with Gasteiger partial charge in [-0.25, -0.2) is 0 Å². The van der Waals surface area contributed by atoms with E-state index in [2.05, 4.69) is 10.2 Å². The predicted octanol–water partition coefficient (Wildman–Crippen LogP) is 3.29. The third-order valence-electron chi connectivity index (χ3n) is 5.50. The summed E-state index contributed by atoms with van der Waals surface area (Å²) in [5.41, 5.74) is 0.659. The lowest BCUT2D eigenvalue weighted by Crippen LogP contribution is -2.46. The number of hydrogen-bond acceptors (Lipinski definition) is 6. The first-order chi connectivity index (χ1) is 15.3. The molecule has 3 rings (SSSR count). The highest BCUT2D eigenvalue weighted by atomic mass is 127. The normalized spacial score (nSPS) is 18.4. The number of ether oxygens (including phenoxy) is 3. The molecule has 1 amide bonds. The topological polar surface area (TPSA) is 80.3 Å². The van der Waals surface area contributed by atoms with Gasteiger partial charge in [-0.2, -0.15) is 8.78 Å². The number of carbonyl (C=O) groups excluding carboxylic acids is 1. The second kappa shape index (κ2) is 12.3. The van der Waals surface area contributed by atoms with Gasteiger partial charge < -0.3 is 29.5 Å². The lowest BCUT2D eigenvalue weighted by molar-refractivity contribution is -0.123. The largest absolute Gasteiger partial charge is 0.486 e. The second-order valence-electron chi connectivity index (χ2n) is 8.15. The molecule has 180 valence electrons. The Morgan fingerprint density at radius 1 is 1.22 bits per heavy atom. The van der Waals surface area contributed by atoms with Gasteiger partial charge in [0.25, 0.3) is 0 Å². The second-order valence-corrected chi connectivity index (χ2v) is 9.73. The Kier molecular flexibility index (Phi) is 9.75. The van der Waals surface area contributed by atoms with Crippen molar-refractivity contribution in [3.63, 3.8) is 0 Å². The van der Waals surface area contributed by atoms with E-state index in [1.54, 1.807) is 18.2 Å². The maximum atomic E-state index is 12.7. The van der Waals surface area contributed by atoms with E-state index in [1.807, 2.05) is 0 Å². The summed E-state index contributed by atoms with van der Waals surface area (Å²) >= 11 is 1.04.